The molecule has 0 aromatic carbocycles. The summed E-state index contributed by atoms with van der Waals surface area (Å²) in [5, 5.41) is 0.683. The lowest BCUT2D eigenvalue weighted by Gasteiger charge is -1.92. The van der Waals surface area contributed by atoms with Gasteiger partial charge in [-0.05, 0) is 19.8 Å². The van der Waals surface area contributed by atoms with Crippen molar-refractivity contribution >= 4 is 12.2 Å². The largest absolute Gasteiger partial charge is 0.316 e. The van der Waals surface area contributed by atoms with Crippen molar-refractivity contribution in [2.24, 2.45) is 0 Å². The van der Waals surface area contributed by atoms with Crippen LogP contribution in [0.2, 0.25) is 0 Å². The third-order valence-electron chi connectivity index (χ3n) is 2.43. The smallest absolute Gasteiger partial charge is 0.271 e. The highest BCUT2D eigenvalue weighted by molar-refractivity contribution is 5.18. The molecule has 4 heteroatoms. The quantitative estimate of drug-likeness (QED) is 0.716. The molecule has 1 heterocycles. The molecule has 0 atom stereocenters. The molecular formula is C12H18N2O2. The van der Waals surface area contributed by atoms with Crippen LogP contribution >= 0.6 is 0 Å². The van der Waals surface area contributed by atoms with Crippen molar-refractivity contribution in [1.29, 1.82) is 0 Å². The molecule has 0 saturated heterocycles. The number of nitrogens with one attached hydrogen (secondary N) is 2. The molecule has 16 heavy (non-hydrogen) atoms. The van der Waals surface area contributed by atoms with E-state index in [9.17, 15) is 9.59 Å². The number of unbranched alkanes of at least 4 members (excludes halogenated alkanes) is 3. The third-order valence-corrected chi connectivity index (χ3v) is 2.43. The summed E-state index contributed by atoms with van der Waals surface area (Å²) in [4.78, 5) is 28.1. The second kappa shape index (κ2) is 6.10. The van der Waals surface area contributed by atoms with Gasteiger partial charge in [-0.2, -0.15) is 0 Å². The third kappa shape index (κ3) is 3.22. The predicted molar refractivity (Wildman–Crippen MR) is 65.7 cm³/mol. The van der Waals surface area contributed by atoms with Gasteiger partial charge in [0.1, 0.15) is 10.7 Å². The lowest BCUT2D eigenvalue weighted by atomic mass is 10.2. The molecule has 0 radical (unpaired) electrons. The van der Waals surface area contributed by atoms with Crippen LogP contribution in [0.1, 0.15) is 39.5 Å². The molecule has 88 valence electrons. The number of hydrogen-bond donors (Lipinski definition) is 2. The average Bonchev–Trinajstić information content (AvgIpc) is 2.28. The van der Waals surface area contributed by atoms with Gasteiger partial charge in [-0.1, -0.05) is 31.9 Å². The number of aromatic amines is 2. The van der Waals surface area contributed by atoms with Crippen LogP contribution < -0.4 is 21.8 Å². The average molecular weight is 222 g/mol. The molecule has 0 aliphatic carbocycles. The lowest BCUT2D eigenvalue weighted by Crippen LogP contribution is -2.46. The number of aromatic nitrogens is 2. The zero-order valence-corrected chi connectivity index (χ0v) is 9.80. The fourth-order valence-electron chi connectivity index (χ4n) is 1.48. The van der Waals surface area contributed by atoms with Gasteiger partial charge in [-0.25, -0.2) is 0 Å². The Morgan fingerprint density at radius 2 is 1.69 bits per heavy atom. The minimum Gasteiger partial charge on any atom is -0.316 e. The van der Waals surface area contributed by atoms with E-state index in [4.69, 9.17) is 0 Å². The molecule has 0 fully saturated rings. The number of rotatable bonds is 4. The van der Waals surface area contributed by atoms with E-state index in [1.165, 1.54) is 0 Å². The second-order valence-electron chi connectivity index (χ2n) is 3.72. The summed E-state index contributed by atoms with van der Waals surface area (Å²) in [6, 6.07) is 0. The molecule has 0 aliphatic rings. The summed E-state index contributed by atoms with van der Waals surface area (Å²) in [6.07, 6.45) is 7.52. The molecular weight excluding hydrogens is 204 g/mol. The van der Waals surface area contributed by atoms with E-state index < -0.39 is 0 Å². The Morgan fingerprint density at radius 1 is 1.06 bits per heavy atom. The van der Waals surface area contributed by atoms with Gasteiger partial charge < -0.3 is 9.97 Å². The van der Waals surface area contributed by atoms with Gasteiger partial charge in [-0.3, -0.25) is 9.59 Å². The Hall–Kier alpha value is -1.58. The van der Waals surface area contributed by atoms with Crippen molar-refractivity contribution in [2.45, 2.75) is 39.5 Å². The zero-order valence-electron chi connectivity index (χ0n) is 9.80. The van der Waals surface area contributed by atoms with E-state index in [2.05, 4.69) is 16.9 Å². The van der Waals surface area contributed by atoms with Crippen LogP contribution in [0.15, 0.2) is 9.59 Å². The van der Waals surface area contributed by atoms with Crippen LogP contribution in [0, 0.1) is 0 Å². The maximum Gasteiger partial charge on any atom is 0.271 e. The fourth-order valence-corrected chi connectivity index (χ4v) is 1.48. The van der Waals surface area contributed by atoms with E-state index in [0.29, 0.717) is 10.7 Å². The highest BCUT2D eigenvalue weighted by Gasteiger charge is 1.93. The SMILES string of the molecule is C/C=c1/[nH]c(=O)/c(=C\CCCCC)[nH]c1=O. The zero-order chi connectivity index (χ0) is 12.0. The van der Waals surface area contributed by atoms with Crippen LogP contribution in [0.3, 0.4) is 0 Å². The lowest BCUT2D eigenvalue weighted by molar-refractivity contribution is 0.739. The van der Waals surface area contributed by atoms with E-state index in [-0.39, 0.29) is 11.1 Å². The molecule has 0 spiro atoms. The monoisotopic (exact) mass is 222 g/mol. The number of H-pyrrole nitrogens is 2. The van der Waals surface area contributed by atoms with Gasteiger partial charge in [0.2, 0.25) is 0 Å². The summed E-state index contributed by atoms with van der Waals surface area (Å²) in [6.45, 7) is 3.84. The van der Waals surface area contributed by atoms with E-state index in [0.717, 1.165) is 25.7 Å². The van der Waals surface area contributed by atoms with Gasteiger partial charge in [0.05, 0.1) is 0 Å². The first kappa shape index (κ1) is 12.5. The van der Waals surface area contributed by atoms with Crippen molar-refractivity contribution in [2.75, 3.05) is 0 Å². The molecule has 1 aromatic heterocycles. The maximum atomic E-state index is 11.5. The van der Waals surface area contributed by atoms with Crippen molar-refractivity contribution in [1.82, 2.24) is 9.97 Å². The van der Waals surface area contributed by atoms with Crippen LogP contribution in [-0.4, -0.2) is 9.97 Å². The molecule has 0 aliphatic heterocycles. The molecule has 0 unspecified atom stereocenters. The summed E-state index contributed by atoms with van der Waals surface area (Å²) in [5.74, 6) is 0. The molecule has 0 saturated carbocycles. The predicted octanol–water partition coefficient (Wildman–Crippen LogP) is 0.224. The molecule has 1 rings (SSSR count). The highest BCUT2D eigenvalue weighted by atomic mass is 16.1. The van der Waals surface area contributed by atoms with Crippen molar-refractivity contribution < 1.29 is 0 Å². The molecule has 2 N–H and O–H groups in total. The Kier molecular flexibility index (Phi) is 4.76. The summed E-state index contributed by atoms with van der Waals surface area (Å²) in [5.41, 5.74) is -0.479. The summed E-state index contributed by atoms with van der Waals surface area (Å²) >= 11 is 0. The van der Waals surface area contributed by atoms with Crippen LogP contribution in [0.4, 0.5) is 0 Å². The van der Waals surface area contributed by atoms with E-state index in [1.807, 2.05) is 0 Å². The Labute approximate surface area is 93.7 Å². The first-order valence-corrected chi connectivity index (χ1v) is 5.68. The Bertz CT molecular complexity index is 552. The van der Waals surface area contributed by atoms with Gasteiger partial charge in [-0.15, -0.1) is 0 Å². The molecule has 0 bridgehead atoms. The Morgan fingerprint density at radius 3 is 2.31 bits per heavy atom. The minimum atomic E-state index is -0.246. The topological polar surface area (TPSA) is 65.7 Å². The fraction of sp³-hybridized carbons (Fsp3) is 0.500. The van der Waals surface area contributed by atoms with Crippen molar-refractivity contribution in [3.63, 3.8) is 0 Å². The van der Waals surface area contributed by atoms with Gasteiger partial charge in [0.15, 0.2) is 0 Å². The first-order valence-electron chi connectivity index (χ1n) is 5.68. The van der Waals surface area contributed by atoms with E-state index in [1.54, 1.807) is 19.1 Å². The number of hydrogen-bond acceptors (Lipinski definition) is 2. The Balaban J connectivity index is 3.03. The highest BCUT2D eigenvalue weighted by Crippen LogP contribution is 1.98. The summed E-state index contributed by atoms with van der Waals surface area (Å²) < 4.78 is 0. The van der Waals surface area contributed by atoms with Crippen LogP contribution in [-0.2, 0) is 0 Å². The second-order valence-corrected chi connectivity index (χ2v) is 3.72. The molecule has 4 nitrogen and oxygen atoms in total. The normalized spacial score (nSPS) is 13.4. The van der Waals surface area contributed by atoms with Gasteiger partial charge in [0, 0.05) is 0 Å². The summed E-state index contributed by atoms with van der Waals surface area (Å²) in [7, 11) is 0. The molecule has 1 aromatic rings. The van der Waals surface area contributed by atoms with Crippen LogP contribution in [0.25, 0.3) is 12.2 Å². The van der Waals surface area contributed by atoms with Crippen molar-refractivity contribution in [3.8, 4) is 0 Å². The minimum absolute atomic E-state index is 0.232. The molecule has 0 amide bonds. The van der Waals surface area contributed by atoms with Crippen LogP contribution in [0.5, 0.6) is 0 Å². The standard InChI is InChI=1S/C12H18N2O2/c1-3-5-6-7-8-10-12(16)13-9(4-2)11(15)14-10/h4,8H,3,5-7H2,1-2H3,(H,13,16)(H,14,15)/b9-4+,10-8+. The maximum absolute atomic E-state index is 11.5. The van der Waals surface area contributed by atoms with Crippen molar-refractivity contribution in [3.05, 3.63) is 31.4 Å². The first-order chi connectivity index (χ1) is 7.69. The van der Waals surface area contributed by atoms with Gasteiger partial charge >= 0.3 is 0 Å². The van der Waals surface area contributed by atoms with E-state index >= 15 is 0 Å². The van der Waals surface area contributed by atoms with Gasteiger partial charge in [0.25, 0.3) is 11.1 Å².